The minimum Gasteiger partial charge on any atom is -0.481 e. The van der Waals surface area contributed by atoms with E-state index >= 15 is 0 Å². The molecule has 1 aliphatic carbocycles. The molecule has 128 valence electrons. The van der Waals surface area contributed by atoms with Crippen LogP contribution in [0.4, 0.5) is 0 Å². The molecule has 1 fully saturated rings. The van der Waals surface area contributed by atoms with E-state index in [-0.39, 0.29) is 12.3 Å². The average Bonchev–Trinajstić information content (AvgIpc) is 3.19. The maximum atomic E-state index is 12.7. The van der Waals surface area contributed by atoms with Crippen LogP contribution >= 0.6 is 11.3 Å². The van der Waals surface area contributed by atoms with Gasteiger partial charge in [0, 0.05) is 0 Å². The van der Waals surface area contributed by atoms with Crippen molar-refractivity contribution in [3.05, 3.63) is 28.5 Å². The van der Waals surface area contributed by atoms with Crippen LogP contribution in [0.3, 0.4) is 0 Å². The van der Waals surface area contributed by atoms with Crippen LogP contribution in [-0.4, -0.2) is 27.5 Å². The summed E-state index contributed by atoms with van der Waals surface area (Å²) in [5.74, 6) is 0.295. The van der Waals surface area contributed by atoms with Crippen LogP contribution in [0.25, 0.3) is 10.8 Å². The second kappa shape index (κ2) is 6.39. The minimum absolute atomic E-state index is 0.0408. The summed E-state index contributed by atoms with van der Waals surface area (Å²) in [4.78, 5) is 28.8. The van der Waals surface area contributed by atoms with Gasteiger partial charge in [-0.3, -0.25) is 9.59 Å². The summed E-state index contributed by atoms with van der Waals surface area (Å²) < 4.78 is 5.56. The van der Waals surface area contributed by atoms with Gasteiger partial charge in [0.25, 0.3) is 5.91 Å². The summed E-state index contributed by atoms with van der Waals surface area (Å²) in [6.07, 6.45) is 3.24. The fourth-order valence-electron chi connectivity index (χ4n) is 3.25. The number of aromatic nitrogens is 1. The van der Waals surface area contributed by atoms with Gasteiger partial charge < -0.3 is 14.8 Å². The molecule has 1 saturated carbocycles. The van der Waals surface area contributed by atoms with Gasteiger partial charge in [-0.2, -0.15) is 0 Å². The smallest absolute Gasteiger partial charge is 0.305 e. The van der Waals surface area contributed by atoms with Crippen LogP contribution in [0.5, 0.6) is 0 Å². The Morgan fingerprint density at radius 1 is 1.33 bits per heavy atom. The summed E-state index contributed by atoms with van der Waals surface area (Å²) in [5.41, 5.74) is -0.00846. The van der Waals surface area contributed by atoms with E-state index in [9.17, 15) is 9.59 Å². The molecule has 3 rings (SSSR count). The molecule has 2 N–H and O–H groups in total. The molecule has 6 nitrogen and oxygen atoms in total. The van der Waals surface area contributed by atoms with Gasteiger partial charge in [0.2, 0.25) is 0 Å². The first-order chi connectivity index (χ1) is 11.4. The number of carboxylic acid groups (broad SMARTS) is 1. The lowest BCUT2D eigenvalue weighted by Gasteiger charge is -2.28. The predicted molar refractivity (Wildman–Crippen MR) is 90.2 cm³/mol. The highest BCUT2D eigenvalue weighted by molar-refractivity contribution is 7.17. The summed E-state index contributed by atoms with van der Waals surface area (Å²) in [7, 11) is 0. The molecule has 2 aromatic heterocycles. The maximum Gasteiger partial charge on any atom is 0.305 e. The van der Waals surface area contributed by atoms with Crippen LogP contribution in [0, 0.1) is 13.8 Å². The first kappa shape index (κ1) is 16.7. The van der Waals surface area contributed by atoms with Gasteiger partial charge in [-0.05, 0) is 38.8 Å². The number of hydrogen-bond acceptors (Lipinski definition) is 5. The van der Waals surface area contributed by atoms with E-state index in [2.05, 4.69) is 10.3 Å². The van der Waals surface area contributed by atoms with Crippen molar-refractivity contribution in [1.82, 2.24) is 10.3 Å². The molecule has 1 amide bonds. The molecule has 0 atom stereocenters. The zero-order valence-corrected chi connectivity index (χ0v) is 14.5. The molecule has 24 heavy (non-hydrogen) atoms. The number of rotatable bonds is 5. The van der Waals surface area contributed by atoms with Gasteiger partial charge >= 0.3 is 5.97 Å². The van der Waals surface area contributed by atoms with Gasteiger partial charge in [-0.15, -0.1) is 11.3 Å². The van der Waals surface area contributed by atoms with E-state index < -0.39 is 11.5 Å². The Kier molecular flexibility index (Phi) is 4.45. The monoisotopic (exact) mass is 348 g/mol. The van der Waals surface area contributed by atoms with Crippen molar-refractivity contribution in [3.8, 4) is 10.8 Å². The second-order valence-corrected chi connectivity index (χ2v) is 7.35. The Labute approximate surface area is 143 Å². The van der Waals surface area contributed by atoms with E-state index in [1.807, 2.05) is 19.1 Å². The van der Waals surface area contributed by atoms with E-state index in [4.69, 9.17) is 9.52 Å². The molecule has 0 aliphatic heterocycles. The quantitative estimate of drug-likeness (QED) is 0.862. The molecule has 0 spiro atoms. The van der Waals surface area contributed by atoms with Crippen LogP contribution < -0.4 is 5.32 Å². The topological polar surface area (TPSA) is 92.4 Å². The predicted octanol–water partition coefficient (Wildman–Crippen LogP) is 3.54. The van der Waals surface area contributed by atoms with Crippen molar-refractivity contribution < 1.29 is 19.1 Å². The number of hydrogen-bond donors (Lipinski definition) is 2. The SMILES string of the molecule is Cc1ccc(-c2nc(C)c(C(=O)NC3(CC(=O)O)CCCC3)s2)o1. The molecular weight excluding hydrogens is 328 g/mol. The Morgan fingerprint density at radius 3 is 2.62 bits per heavy atom. The van der Waals surface area contributed by atoms with Gasteiger partial charge in [-0.25, -0.2) is 4.98 Å². The molecule has 0 bridgehead atoms. The van der Waals surface area contributed by atoms with Crippen molar-refractivity contribution in [3.63, 3.8) is 0 Å². The normalized spacial score (nSPS) is 16.2. The van der Waals surface area contributed by atoms with E-state index in [0.29, 0.717) is 34.2 Å². The van der Waals surface area contributed by atoms with Gasteiger partial charge in [0.15, 0.2) is 10.8 Å². The summed E-state index contributed by atoms with van der Waals surface area (Å²) in [6.45, 7) is 3.64. The molecule has 2 heterocycles. The average molecular weight is 348 g/mol. The molecule has 0 saturated heterocycles. The first-order valence-corrected chi connectivity index (χ1v) is 8.79. The van der Waals surface area contributed by atoms with E-state index in [0.717, 1.165) is 18.6 Å². The lowest BCUT2D eigenvalue weighted by Crippen LogP contribution is -2.47. The minimum atomic E-state index is -0.884. The maximum absolute atomic E-state index is 12.7. The lowest BCUT2D eigenvalue weighted by atomic mass is 9.93. The van der Waals surface area contributed by atoms with E-state index in [1.165, 1.54) is 11.3 Å². The first-order valence-electron chi connectivity index (χ1n) is 7.97. The Morgan fingerprint density at radius 2 is 2.04 bits per heavy atom. The number of carbonyl (C=O) groups is 2. The molecular formula is C17H20N2O4S. The van der Waals surface area contributed by atoms with Gasteiger partial charge in [0.1, 0.15) is 10.6 Å². The standard InChI is InChI=1S/C17H20N2O4S/c1-10-5-6-12(23-10)16-18-11(2)14(24-16)15(22)19-17(9-13(20)21)7-3-4-8-17/h5-6H,3-4,7-9H2,1-2H3,(H,19,22)(H,20,21). The lowest BCUT2D eigenvalue weighted by molar-refractivity contribution is -0.138. The van der Waals surface area contributed by atoms with Gasteiger partial charge in [0.05, 0.1) is 17.7 Å². The number of aliphatic carboxylic acids is 1. The molecule has 7 heteroatoms. The third-order valence-electron chi connectivity index (χ3n) is 4.38. The third-order valence-corrected chi connectivity index (χ3v) is 5.55. The van der Waals surface area contributed by atoms with E-state index in [1.54, 1.807) is 6.92 Å². The number of aryl methyl sites for hydroxylation is 2. The van der Waals surface area contributed by atoms with Crippen LogP contribution in [0.1, 0.15) is 53.2 Å². The number of carbonyl (C=O) groups excluding carboxylic acids is 1. The zero-order chi connectivity index (χ0) is 17.3. The molecule has 1 aliphatic rings. The van der Waals surface area contributed by atoms with Crippen LogP contribution in [0.2, 0.25) is 0 Å². The van der Waals surface area contributed by atoms with Crippen molar-refractivity contribution >= 4 is 23.2 Å². The number of nitrogens with one attached hydrogen (secondary N) is 1. The molecule has 0 radical (unpaired) electrons. The van der Waals surface area contributed by atoms with Crippen molar-refractivity contribution in [1.29, 1.82) is 0 Å². The van der Waals surface area contributed by atoms with Crippen LogP contribution in [0.15, 0.2) is 16.5 Å². The highest BCUT2D eigenvalue weighted by Gasteiger charge is 2.38. The number of carboxylic acids is 1. The highest BCUT2D eigenvalue weighted by Crippen LogP contribution is 2.34. The Bertz CT molecular complexity index is 771. The number of nitrogens with zero attached hydrogens (tertiary/aromatic N) is 1. The van der Waals surface area contributed by atoms with Crippen molar-refractivity contribution in [2.75, 3.05) is 0 Å². The Balaban J connectivity index is 1.82. The largest absolute Gasteiger partial charge is 0.481 e. The molecule has 0 aromatic carbocycles. The number of thiazole rings is 1. The molecule has 2 aromatic rings. The molecule has 0 unspecified atom stereocenters. The fourth-order valence-corrected chi connectivity index (χ4v) is 4.17. The Hall–Kier alpha value is -2.15. The van der Waals surface area contributed by atoms with Crippen molar-refractivity contribution in [2.45, 2.75) is 51.5 Å². The summed E-state index contributed by atoms with van der Waals surface area (Å²) in [5, 5.41) is 12.8. The summed E-state index contributed by atoms with van der Waals surface area (Å²) >= 11 is 1.27. The second-order valence-electron chi connectivity index (χ2n) is 6.36. The van der Waals surface area contributed by atoms with Crippen molar-refractivity contribution in [2.24, 2.45) is 0 Å². The fraction of sp³-hybridized carbons (Fsp3) is 0.471. The summed E-state index contributed by atoms with van der Waals surface area (Å²) in [6, 6.07) is 3.68. The highest BCUT2D eigenvalue weighted by atomic mass is 32.1. The van der Waals surface area contributed by atoms with Crippen LogP contribution in [-0.2, 0) is 4.79 Å². The number of amides is 1. The van der Waals surface area contributed by atoms with Gasteiger partial charge in [-0.1, -0.05) is 12.8 Å². The third kappa shape index (κ3) is 3.36. The zero-order valence-electron chi connectivity index (χ0n) is 13.7. The number of furan rings is 1.